The van der Waals surface area contributed by atoms with E-state index in [1.165, 1.54) is 6.07 Å². The number of nitrogens with zero attached hydrogens (tertiary/aromatic N) is 6. The Balaban J connectivity index is 0.000000174. The fourth-order valence-electron chi connectivity index (χ4n) is 12.5. The number of halogens is 2. The first-order chi connectivity index (χ1) is 41.9. The molecule has 24 nitrogen and oxygen atoms in total. The summed E-state index contributed by atoms with van der Waals surface area (Å²) in [4.78, 5) is 82.7. The highest BCUT2D eigenvalue weighted by Gasteiger charge is 2.32. The van der Waals surface area contributed by atoms with E-state index in [9.17, 15) is 28.8 Å². The third kappa shape index (κ3) is 21.1. The Hall–Kier alpha value is -5.44. The van der Waals surface area contributed by atoms with Crippen molar-refractivity contribution >= 4 is 70.3 Å². The SMILES string of the molecule is CC(=O)N1CCC(CN2CCOC(CN)C2)CC1.CC(=O)N1CCC(CN2CCOC(CNC(=O)OC(C)(C)C)C2)CC1.CC(=O)N1CCC(CN2CCOC(CNC(=O)c3cc(Cl)c(N)c4c3OCC4)C2)CC1.Nc1c(Cl)cc(C(=O)O)c2c1CCO2. The van der Waals surface area contributed by atoms with Crippen LogP contribution in [0.2, 0.25) is 10.0 Å². The minimum Gasteiger partial charge on any atom is -0.492 e. The zero-order valence-electron chi connectivity index (χ0n) is 52.6. The highest BCUT2D eigenvalue weighted by Crippen LogP contribution is 2.40. The maximum atomic E-state index is 12.8. The second-order valence-electron chi connectivity index (χ2n) is 25.2. The Morgan fingerprint density at radius 2 is 0.932 bits per heavy atom. The van der Waals surface area contributed by atoms with Crippen molar-refractivity contribution < 1.29 is 62.3 Å². The Labute approximate surface area is 528 Å². The Bertz CT molecular complexity index is 2680. The molecule has 2 aromatic carbocycles. The molecule has 26 heteroatoms. The van der Waals surface area contributed by atoms with Crippen molar-refractivity contribution in [2.24, 2.45) is 23.5 Å². The number of nitrogen functional groups attached to an aromatic ring is 2. The van der Waals surface area contributed by atoms with Crippen LogP contribution in [0.3, 0.4) is 0 Å². The molecule has 3 unspecified atom stereocenters. The third-order valence-corrected chi connectivity index (χ3v) is 18.1. The lowest BCUT2D eigenvalue weighted by molar-refractivity contribution is -0.131. The summed E-state index contributed by atoms with van der Waals surface area (Å²) >= 11 is 12.0. The molecule has 0 radical (unpaired) electrons. The van der Waals surface area contributed by atoms with E-state index < -0.39 is 17.7 Å². The highest BCUT2D eigenvalue weighted by molar-refractivity contribution is 6.34. The number of hydrogen-bond donors (Lipinski definition) is 6. The molecule has 9 N–H and O–H groups in total. The Morgan fingerprint density at radius 3 is 1.31 bits per heavy atom. The average Bonchev–Trinajstić information content (AvgIpc) is 4.20. The van der Waals surface area contributed by atoms with Crippen molar-refractivity contribution in [3.63, 3.8) is 0 Å². The normalized spacial score (nSPS) is 22.2. The van der Waals surface area contributed by atoms with Crippen molar-refractivity contribution in [2.45, 2.75) is 117 Å². The van der Waals surface area contributed by atoms with Gasteiger partial charge < -0.3 is 76.1 Å². The van der Waals surface area contributed by atoms with Crippen molar-refractivity contribution in [1.82, 2.24) is 40.0 Å². The number of piperidine rings is 3. The number of nitrogens with two attached hydrogens (primary N) is 3. The molecule has 8 heterocycles. The first-order valence-electron chi connectivity index (χ1n) is 31.4. The topological polar surface area (TPSA) is 300 Å². The molecule has 0 aliphatic carbocycles. The Morgan fingerprint density at radius 1 is 0.568 bits per heavy atom. The molecule has 0 spiro atoms. The number of amides is 5. The summed E-state index contributed by atoms with van der Waals surface area (Å²) < 4.78 is 33.3. The van der Waals surface area contributed by atoms with Gasteiger partial charge in [-0.15, -0.1) is 0 Å². The Kier molecular flexibility index (Phi) is 26.7. The molecule has 3 atom stereocenters. The standard InChI is InChI=1S/C22H31ClN4O4.C18H33N3O4.C13H25N3O2.C9H8ClNO3/c1-14(28)27-5-2-15(3-6-27)12-26-7-9-30-16(13-26)11-25-22(29)18-10-19(23)20(24)17-4-8-31-21(17)18;1-14(22)21-7-5-15(6-8-21)12-20-9-10-24-16(13-20)11-19-17(23)25-18(2,3)4;1-11(17)16-4-2-12(3-5-16)9-15-6-7-18-13(8-14)10-15;10-6-3-5(9(12)13)8-4(7(6)11)1-2-14-8/h10,15-16H,2-9,11-13,24H2,1H3,(H,25,29);15-16H,5-13H2,1-4H3,(H,19,23);12-13H,2-10,14H2,1H3;3H,1-2,11H2,(H,12,13). The molecule has 0 saturated carbocycles. The summed E-state index contributed by atoms with van der Waals surface area (Å²) in [5.74, 6) is 2.13. The number of hydrogen-bond acceptors (Lipinski definition) is 18. The molecule has 0 bridgehead atoms. The number of benzene rings is 2. The third-order valence-electron chi connectivity index (χ3n) is 17.4. The zero-order valence-corrected chi connectivity index (χ0v) is 54.1. The van der Waals surface area contributed by atoms with E-state index in [0.29, 0.717) is 110 Å². The lowest BCUT2D eigenvalue weighted by atomic mass is 9.96. The van der Waals surface area contributed by atoms with Crippen LogP contribution in [0.25, 0.3) is 0 Å². The van der Waals surface area contributed by atoms with Crippen molar-refractivity contribution in [1.29, 1.82) is 0 Å². The van der Waals surface area contributed by atoms with Gasteiger partial charge in [0, 0.05) is 163 Å². The molecule has 8 aliphatic heterocycles. The number of anilines is 2. The lowest BCUT2D eigenvalue weighted by Crippen LogP contribution is -2.50. The summed E-state index contributed by atoms with van der Waals surface area (Å²) in [6, 6.07) is 2.90. The summed E-state index contributed by atoms with van der Waals surface area (Å²) in [6.45, 7) is 29.0. The van der Waals surface area contributed by atoms with Crippen LogP contribution in [0.1, 0.15) is 112 Å². The van der Waals surface area contributed by atoms with E-state index in [-0.39, 0.29) is 52.5 Å². The first-order valence-corrected chi connectivity index (χ1v) is 32.1. The second-order valence-corrected chi connectivity index (χ2v) is 26.0. The fourth-order valence-corrected chi connectivity index (χ4v) is 12.9. The number of ether oxygens (including phenoxy) is 6. The summed E-state index contributed by atoms with van der Waals surface area (Å²) in [6.07, 6.45) is 7.50. The molecule has 6 saturated heterocycles. The summed E-state index contributed by atoms with van der Waals surface area (Å²) in [5.41, 5.74) is 19.8. The summed E-state index contributed by atoms with van der Waals surface area (Å²) in [7, 11) is 0. The summed E-state index contributed by atoms with van der Waals surface area (Å²) in [5, 5.41) is 15.3. The van der Waals surface area contributed by atoms with E-state index in [1.807, 2.05) is 35.5 Å². The number of aromatic carboxylic acids is 1. The molecule has 2 aromatic rings. The first kappa shape index (κ1) is 70.0. The molecule has 6 fully saturated rings. The van der Waals surface area contributed by atoms with Crippen molar-refractivity contribution in [3.8, 4) is 11.5 Å². The number of carbonyl (C=O) groups excluding carboxylic acids is 5. The molecule has 8 aliphatic rings. The van der Waals surface area contributed by atoms with Gasteiger partial charge in [-0.05, 0) is 89.2 Å². The van der Waals surface area contributed by atoms with Crippen LogP contribution in [0.5, 0.6) is 11.5 Å². The smallest absolute Gasteiger partial charge is 0.407 e. The van der Waals surface area contributed by atoms with E-state index in [2.05, 4.69) is 25.3 Å². The van der Waals surface area contributed by atoms with Crippen LogP contribution >= 0.6 is 23.2 Å². The van der Waals surface area contributed by atoms with Crippen LogP contribution < -0.4 is 37.3 Å². The number of alkyl carbamates (subject to hydrolysis) is 1. The zero-order chi connectivity index (χ0) is 63.7. The second kappa shape index (κ2) is 33.6. The minimum absolute atomic E-state index is 0.00132. The van der Waals surface area contributed by atoms with Gasteiger partial charge in [0.25, 0.3) is 5.91 Å². The monoisotopic (exact) mass is 1270 g/mol. The molecular weight excluding hydrogens is 1180 g/mol. The van der Waals surface area contributed by atoms with Gasteiger partial charge >= 0.3 is 12.1 Å². The van der Waals surface area contributed by atoms with Gasteiger partial charge in [-0.25, -0.2) is 9.59 Å². The van der Waals surface area contributed by atoms with E-state index in [1.54, 1.807) is 26.8 Å². The number of likely N-dealkylation sites (tertiary alicyclic amines) is 3. The van der Waals surface area contributed by atoms with Gasteiger partial charge in [0.15, 0.2) is 0 Å². The molecule has 10 rings (SSSR count). The van der Waals surface area contributed by atoms with E-state index in [4.69, 9.17) is 73.9 Å². The van der Waals surface area contributed by atoms with Crippen molar-refractivity contribution in [3.05, 3.63) is 44.4 Å². The minimum atomic E-state index is -1.05. The van der Waals surface area contributed by atoms with E-state index in [0.717, 1.165) is 155 Å². The number of carboxylic acid groups (broad SMARTS) is 1. The van der Waals surface area contributed by atoms with Gasteiger partial charge in [-0.2, -0.15) is 0 Å². The number of carboxylic acids is 1. The number of morpholine rings is 3. The number of nitrogens with one attached hydrogen (secondary N) is 2. The molecule has 88 heavy (non-hydrogen) atoms. The van der Waals surface area contributed by atoms with Gasteiger partial charge in [-0.3, -0.25) is 33.9 Å². The molecular formula is C62H97Cl2N11O13. The quantitative estimate of drug-likeness (QED) is 0.151. The number of rotatable bonds is 13. The van der Waals surface area contributed by atoms with Crippen LogP contribution in [0.4, 0.5) is 16.2 Å². The molecule has 0 aromatic heterocycles. The predicted molar refractivity (Wildman–Crippen MR) is 336 cm³/mol. The van der Waals surface area contributed by atoms with E-state index >= 15 is 0 Å². The lowest BCUT2D eigenvalue weighted by Gasteiger charge is -2.38. The van der Waals surface area contributed by atoms with Gasteiger partial charge in [0.1, 0.15) is 22.7 Å². The van der Waals surface area contributed by atoms with Crippen molar-refractivity contribution in [2.75, 3.05) is 162 Å². The molecule has 492 valence electrons. The highest BCUT2D eigenvalue weighted by atomic mass is 35.5. The maximum absolute atomic E-state index is 12.8. The van der Waals surface area contributed by atoms with Crippen LogP contribution in [0, 0.1) is 17.8 Å². The van der Waals surface area contributed by atoms with Crippen LogP contribution in [-0.2, 0) is 46.2 Å². The predicted octanol–water partition coefficient (Wildman–Crippen LogP) is 4.48. The molecule has 5 amide bonds. The fraction of sp³-hybridized carbons (Fsp3) is 0.710. The van der Waals surface area contributed by atoms with Gasteiger partial charge in [-0.1, -0.05) is 23.2 Å². The average molecular weight is 1280 g/mol. The van der Waals surface area contributed by atoms with Crippen LogP contribution in [-0.4, -0.2) is 245 Å². The number of fused-ring (bicyclic) bond motifs is 2. The number of carbonyl (C=O) groups is 6. The van der Waals surface area contributed by atoms with Gasteiger partial charge in [0.05, 0.1) is 78.3 Å². The van der Waals surface area contributed by atoms with Crippen LogP contribution in [0.15, 0.2) is 12.1 Å². The maximum Gasteiger partial charge on any atom is 0.407 e. The van der Waals surface area contributed by atoms with Gasteiger partial charge in [0.2, 0.25) is 17.7 Å². The largest absolute Gasteiger partial charge is 0.492 e.